The van der Waals surface area contributed by atoms with Crippen LogP contribution < -0.4 is 4.74 Å². The van der Waals surface area contributed by atoms with Gasteiger partial charge in [0.15, 0.2) is 0 Å². The number of methoxy groups -OCH3 is 1. The summed E-state index contributed by atoms with van der Waals surface area (Å²) in [5.41, 5.74) is 3.13. The molecule has 5 nitrogen and oxygen atoms in total. The van der Waals surface area contributed by atoms with Crippen LogP contribution in [0.4, 0.5) is 0 Å². The monoisotopic (exact) mass is 344 g/mol. The summed E-state index contributed by atoms with van der Waals surface area (Å²) in [5.74, 6) is 0.0706. The lowest BCUT2D eigenvalue weighted by Gasteiger charge is -2.10. The SMILES string of the molecule is COC(=O)c1ccnc(-c2ccc(OCc3ccccc3)c(C#N)c2)c1. The predicted molar refractivity (Wildman–Crippen MR) is 96.5 cm³/mol. The van der Waals surface area contributed by atoms with Crippen molar-refractivity contribution >= 4 is 5.97 Å². The Labute approximate surface area is 151 Å². The van der Waals surface area contributed by atoms with E-state index in [1.54, 1.807) is 24.3 Å². The van der Waals surface area contributed by atoms with E-state index in [1.807, 2.05) is 36.4 Å². The van der Waals surface area contributed by atoms with Gasteiger partial charge in [-0.15, -0.1) is 0 Å². The number of ether oxygens (including phenoxy) is 2. The molecule has 3 aromatic rings. The van der Waals surface area contributed by atoms with Crippen molar-refractivity contribution in [3.63, 3.8) is 0 Å². The van der Waals surface area contributed by atoms with Gasteiger partial charge in [0.2, 0.25) is 0 Å². The van der Waals surface area contributed by atoms with Gasteiger partial charge in [-0.2, -0.15) is 5.26 Å². The van der Waals surface area contributed by atoms with Crippen molar-refractivity contribution in [2.45, 2.75) is 6.61 Å². The Morgan fingerprint density at radius 3 is 2.65 bits per heavy atom. The first-order valence-electron chi connectivity index (χ1n) is 7.97. The van der Waals surface area contributed by atoms with Gasteiger partial charge in [0.05, 0.1) is 23.9 Å². The molecule has 0 aliphatic heterocycles. The third kappa shape index (κ3) is 3.87. The fraction of sp³-hybridized carbons (Fsp3) is 0.0952. The van der Waals surface area contributed by atoms with Crippen LogP contribution >= 0.6 is 0 Å². The van der Waals surface area contributed by atoms with Crippen molar-refractivity contribution in [3.05, 3.63) is 83.6 Å². The van der Waals surface area contributed by atoms with E-state index >= 15 is 0 Å². The van der Waals surface area contributed by atoms with Crippen LogP contribution in [0.3, 0.4) is 0 Å². The lowest BCUT2D eigenvalue weighted by atomic mass is 10.1. The molecule has 26 heavy (non-hydrogen) atoms. The topological polar surface area (TPSA) is 72.2 Å². The van der Waals surface area contributed by atoms with Gasteiger partial charge in [0.1, 0.15) is 18.4 Å². The lowest BCUT2D eigenvalue weighted by Crippen LogP contribution is -2.02. The summed E-state index contributed by atoms with van der Waals surface area (Å²) < 4.78 is 10.5. The number of hydrogen-bond acceptors (Lipinski definition) is 5. The summed E-state index contributed by atoms with van der Waals surface area (Å²) in [7, 11) is 1.33. The first kappa shape index (κ1) is 17.2. The molecule has 0 N–H and O–H groups in total. The highest BCUT2D eigenvalue weighted by Crippen LogP contribution is 2.26. The zero-order valence-electron chi connectivity index (χ0n) is 14.2. The number of pyridine rings is 1. The molecule has 5 heteroatoms. The molecular weight excluding hydrogens is 328 g/mol. The van der Waals surface area contributed by atoms with Gasteiger partial charge in [0, 0.05) is 11.8 Å². The second-order valence-electron chi connectivity index (χ2n) is 5.52. The molecule has 128 valence electrons. The first-order chi connectivity index (χ1) is 12.7. The maximum absolute atomic E-state index is 11.7. The second-order valence-corrected chi connectivity index (χ2v) is 5.52. The Balaban J connectivity index is 1.85. The van der Waals surface area contributed by atoms with E-state index in [2.05, 4.69) is 11.1 Å². The van der Waals surface area contributed by atoms with Crippen LogP contribution in [0.5, 0.6) is 5.75 Å². The minimum absolute atomic E-state index is 0.380. The number of nitriles is 1. The highest BCUT2D eigenvalue weighted by molar-refractivity contribution is 5.90. The quantitative estimate of drug-likeness (QED) is 0.655. The van der Waals surface area contributed by atoms with Crippen LogP contribution in [0.15, 0.2) is 66.9 Å². The van der Waals surface area contributed by atoms with Crippen molar-refractivity contribution in [2.75, 3.05) is 7.11 Å². The molecule has 0 aliphatic carbocycles. The molecule has 1 heterocycles. The third-order valence-corrected chi connectivity index (χ3v) is 3.81. The van der Waals surface area contributed by atoms with E-state index in [0.717, 1.165) is 11.1 Å². The van der Waals surface area contributed by atoms with Crippen LogP contribution in [0, 0.1) is 11.3 Å². The zero-order chi connectivity index (χ0) is 18.4. The smallest absolute Gasteiger partial charge is 0.337 e. The summed E-state index contributed by atoms with van der Waals surface area (Å²) in [6.45, 7) is 0.380. The van der Waals surface area contributed by atoms with Crippen molar-refractivity contribution in [2.24, 2.45) is 0 Å². The number of benzene rings is 2. The van der Waals surface area contributed by atoms with E-state index in [9.17, 15) is 10.1 Å². The van der Waals surface area contributed by atoms with Gasteiger partial charge in [-0.25, -0.2) is 4.79 Å². The molecule has 2 aromatic carbocycles. The van der Waals surface area contributed by atoms with Crippen LogP contribution in [-0.4, -0.2) is 18.1 Å². The number of rotatable bonds is 5. The molecule has 0 saturated carbocycles. The minimum Gasteiger partial charge on any atom is -0.488 e. The highest BCUT2D eigenvalue weighted by Gasteiger charge is 2.11. The molecule has 0 saturated heterocycles. The van der Waals surface area contributed by atoms with Crippen LogP contribution in [0.1, 0.15) is 21.5 Å². The largest absolute Gasteiger partial charge is 0.488 e. The van der Waals surface area contributed by atoms with E-state index in [0.29, 0.717) is 29.2 Å². The normalized spacial score (nSPS) is 10.0. The Morgan fingerprint density at radius 1 is 1.12 bits per heavy atom. The molecule has 0 amide bonds. The molecule has 0 atom stereocenters. The van der Waals surface area contributed by atoms with Gasteiger partial charge >= 0.3 is 5.97 Å². The molecule has 0 unspecified atom stereocenters. The van der Waals surface area contributed by atoms with Gasteiger partial charge in [-0.05, 0) is 35.9 Å². The number of nitrogens with zero attached hydrogens (tertiary/aromatic N) is 2. The Morgan fingerprint density at radius 2 is 1.92 bits per heavy atom. The number of aromatic nitrogens is 1. The average molecular weight is 344 g/mol. The summed E-state index contributed by atoms with van der Waals surface area (Å²) in [4.78, 5) is 15.9. The zero-order valence-corrected chi connectivity index (χ0v) is 14.2. The predicted octanol–water partition coefficient (Wildman–Crippen LogP) is 3.99. The first-order valence-corrected chi connectivity index (χ1v) is 7.97. The third-order valence-electron chi connectivity index (χ3n) is 3.81. The van der Waals surface area contributed by atoms with E-state index in [1.165, 1.54) is 13.3 Å². The second kappa shape index (κ2) is 7.95. The van der Waals surface area contributed by atoms with Gasteiger partial charge in [0.25, 0.3) is 0 Å². The molecule has 0 radical (unpaired) electrons. The summed E-state index contributed by atoms with van der Waals surface area (Å²) in [6, 6.07) is 20.3. The number of carbonyl (C=O) groups is 1. The minimum atomic E-state index is -0.433. The standard InChI is InChI=1S/C21H16N2O3/c1-25-21(24)17-9-10-23-19(12-17)16-7-8-20(18(11-16)13-22)26-14-15-5-3-2-4-6-15/h2-12H,14H2,1H3. The van der Waals surface area contributed by atoms with E-state index < -0.39 is 5.97 Å². The van der Waals surface area contributed by atoms with Gasteiger partial charge in [-0.1, -0.05) is 30.3 Å². The Kier molecular flexibility index (Phi) is 5.25. The molecule has 1 aromatic heterocycles. The average Bonchev–Trinajstić information content (AvgIpc) is 2.72. The molecule has 0 aliphatic rings. The fourth-order valence-corrected chi connectivity index (χ4v) is 2.47. The van der Waals surface area contributed by atoms with Crippen LogP contribution in [-0.2, 0) is 11.3 Å². The number of hydrogen-bond donors (Lipinski definition) is 0. The molecular formula is C21H16N2O3. The summed E-state index contributed by atoms with van der Waals surface area (Å²) in [6.07, 6.45) is 1.54. The maximum Gasteiger partial charge on any atom is 0.337 e. The number of esters is 1. The van der Waals surface area contributed by atoms with Crippen molar-refractivity contribution in [3.8, 4) is 23.1 Å². The maximum atomic E-state index is 11.7. The van der Waals surface area contributed by atoms with Crippen molar-refractivity contribution in [1.82, 2.24) is 4.98 Å². The van der Waals surface area contributed by atoms with Crippen LogP contribution in [0.2, 0.25) is 0 Å². The highest BCUT2D eigenvalue weighted by atomic mass is 16.5. The molecule has 0 bridgehead atoms. The van der Waals surface area contributed by atoms with Crippen molar-refractivity contribution < 1.29 is 14.3 Å². The summed E-state index contributed by atoms with van der Waals surface area (Å²) >= 11 is 0. The fourth-order valence-electron chi connectivity index (χ4n) is 2.47. The molecule has 0 fully saturated rings. The van der Waals surface area contributed by atoms with E-state index in [-0.39, 0.29) is 0 Å². The lowest BCUT2D eigenvalue weighted by molar-refractivity contribution is 0.0600. The Hall–Kier alpha value is -3.65. The number of carbonyl (C=O) groups excluding carboxylic acids is 1. The van der Waals surface area contributed by atoms with Gasteiger partial charge < -0.3 is 9.47 Å². The molecule has 3 rings (SSSR count). The Bertz CT molecular complexity index is 962. The van der Waals surface area contributed by atoms with Crippen LogP contribution in [0.25, 0.3) is 11.3 Å². The van der Waals surface area contributed by atoms with Crippen molar-refractivity contribution in [1.29, 1.82) is 5.26 Å². The van der Waals surface area contributed by atoms with Gasteiger partial charge in [-0.3, -0.25) is 4.98 Å². The summed E-state index contributed by atoms with van der Waals surface area (Å²) in [5, 5.41) is 9.44. The molecule has 0 spiro atoms. The van der Waals surface area contributed by atoms with E-state index in [4.69, 9.17) is 9.47 Å².